The minimum Gasteiger partial charge on any atom is -0.352 e. The lowest BCUT2D eigenvalue weighted by Crippen LogP contribution is -2.35. The molecule has 1 aromatic carbocycles. The Labute approximate surface area is 146 Å². The van der Waals surface area contributed by atoms with Crippen molar-refractivity contribution in [1.82, 2.24) is 9.88 Å². The van der Waals surface area contributed by atoms with Gasteiger partial charge in [0.25, 0.3) is 5.91 Å². The van der Waals surface area contributed by atoms with Crippen molar-refractivity contribution in [2.75, 3.05) is 18.9 Å². The number of H-pyrrole nitrogens is 1. The summed E-state index contributed by atoms with van der Waals surface area (Å²) in [6.07, 6.45) is 1.66. The summed E-state index contributed by atoms with van der Waals surface area (Å²) >= 11 is 5.11. The van der Waals surface area contributed by atoms with Gasteiger partial charge in [-0.2, -0.15) is 0 Å². The first kappa shape index (κ1) is 17.9. The second kappa shape index (κ2) is 7.40. The van der Waals surface area contributed by atoms with Crippen LogP contribution in [0.3, 0.4) is 0 Å². The number of aryl methyl sites for hydroxylation is 3. The van der Waals surface area contributed by atoms with Crippen LogP contribution < -0.4 is 5.32 Å². The fourth-order valence-electron chi connectivity index (χ4n) is 2.64. The van der Waals surface area contributed by atoms with E-state index in [0.29, 0.717) is 10.2 Å². The highest BCUT2D eigenvalue weighted by atomic mass is 32.1. The number of rotatable bonds is 4. The second-order valence-corrected chi connectivity index (χ2v) is 6.30. The lowest BCUT2D eigenvalue weighted by molar-refractivity contribution is -0.116. The number of aromatic amines is 1. The van der Waals surface area contributed by atoms with Crippen LogP contribution in [0.15, 0.2) is 30.5 Å². The molecule has 0 saturated carbocycles. The number of hydrogen-bond acceptors (Lipinski definition) is 3. The first-order valence-corrected chi connectivity index (χ1v) is 8.01. The van der Waals surface area contributed by atoms with Crippen LogP contribution in [0.25, 0.3) is 0 Å². The van der Waals surface area contributed by atoms with Gasteiger partial charge in [-0.05, 0) is 44.0 Å². The Kier molecular flexibility index (Phi) is 5.51. The molecule has 0 atom stereocenters. The predicted molar refractivity (Wildman–Crippen MR) is 97.9 cm³/mol. The summed E-state index contributed by atoms with van der Waals surface area (Å²) in [5, 5.41) is 2.89. The molecule has 1 heterocycles. The van der Waals surface area contributed by atoms with E-state index in [1.807, 2.05) is 32.9 Å². The highest BCUT2D eigenvalue weighted by Gasteiger charge is 2.17. The molecule has 1 aromatic heterocycles. The smallest absolute Gasteiger partial charge is 0.257 e. The highest BCUT2D eigenvalue weighted by Crippen LogP contribution is 2.21. The Hall–Kier alpha value is -2.47. The number of likely N-dealkylation sites (N-methyl/N-ethyl adjacent to an activating group) is 1. The van der Waals surface area contributed by atoms with Crippen molar-refractivity contribution in [2.24, 2.45) is 0 Å². The van der Waals surface area contributed by atoms with E-state index in [1.165, 1.54) is 4.90 Å². The molecule has 0 unspecified atom stereocenters. The predicted octanol–water partition coefficient (Wildman–Crippen LogP) is 3.38. The highest BCUT2D eigenvalue weighted by molar-refractivity contribution is 7.71. The first-order chi connectivity index (χ1) is 11.3. The maximum atomic E-state index is 12.4. The van der Waals surface area contributed by atoms with Crippen LogP contribution in [0.2, 0.25) is 0 Å². The summed E-state index contributed by atoms with van der Waals surface area (Å²) in [5.41, 5.74) is 4.32. The Morgan fingerprint density at radius 3 is 2.42 bits per heavy atom. The number of aromatic nitrogens is 1. The molecule has 0 bridgehead atoms. The monoisotopic (exact) mass is 343 g/mol. The van der Waals surface area contributed by atoms with Crippen LogP contribution in [0.4, 0.5) is 5.69 Å². The molecule has 2 rings (SSSR count). The molecule has 126 valence electrons. The number of benzene rings is 1. The van der Waals surface area contributed by atoms with Gasteiger partial charge in [0, 0.05) is 18.9 Å². The third-order valence-corrected chi connectivity index (χ3v) is 4.06. The van der Waals surface area contributed by atoms with Crippen molar-refractivity contribution in [3.05, 3.63) is 57.4 Å². The molecule has 0 saturated heterocycles. The van der Waals surface area contributed by atoms with Crippen LogP contribution in [-0.4, -0.2) is 35.3 Å². The number of nitrogens with one attached hydrogen (secondary N) is 2. The number of hydrogen-bond donors (Lipinski definition) is 2. The van der Waals surface area contributed by atoms with Crippen LogP contribution in [0.5, 0.6) is 0 Å². The average Bonchev–Trinajstić information content (AvgIpc) is 2.50. The minimum atomic E-state index is -0.288. The van der Waals surface area contributed by atoms with Gasteiger partial charge in [-0.25, -0.2) is 0 Å². The summed E-state index contributed by atoms with van der Waals surface area (Å²) in [7, 11) is 1.58. The molecule has 0 aliphatic heterocycles. The van der Waals surface area contributed by atoms with E-state index in [4.69, 9.17) is 12.2 Å². The van der Waals surface area contributed by atoms with Gasteiger partial charge in [-0.3, -0.25) is 9.59 Å². The van der Waals surface area contributed by atoms with E-state index in [1.54, 1.807) is 25.4 Å². The molecule has 6 heteroatoms. The van der Waals surface area contributed by atoms with Gasteiger partial charge in [-0.1, -0.05) is 29.9 Å². The Balaban J connectivity index is 2.09. The number of nitrogens with zero attached hydrogens (tertiary/aromatic N) is 1. The molecular formula is C18H21N3O2S. The van der Waals surface area contributed by atoms with E-state index in [9.17, 15) is 9.59 Å². The molecule has 0 fully saturated rings. The van der Waals surface area contributed by atoms with E-state index < -0.39 is 0 Å². The molecule has 2 amide bonds. The summed E-state index contributed by atoms with van der Waals surface area (Å²) < 4.78 is 0.361. The quantitative estimate of drug-likeness (QED) is 0.837. The maximum Gasteiger partial charge on any atom is 0.257 e. The number of amides is 2. The van der Waals surface area contributed by atoms with Crippen LogP contribution in [0.1, 0.15) is 27.0 Å². The van der Waals surface area contributed by atoms with Gasteiger partial charge in [0.05, 0.1) is 12.1 Å². The third-order valence-electron chi connectivity index (χ3n) is 3.72. The second-order valence-electron chi connectivity index (χ2n) is 5.90. The van der Waals surface area contributed by atoms with Gasteiger partial charge in [-0.15, -0.1) is 0 Å². The summed E-state index contributed by atoms with van der Waals surface area (Å²) in [4.78, 5) is 28.9. The van der Waals surface area contributed by atoms with E-state index >= 15 is 0 Å². The number of carbonyl (C=O) groups excluding carboxylic acids is 2. The van der Waals surface area contributed by atoms with Crippen molar-refractivity contribution in [2.45, 2.75) is 20.8 Å². The number of pyridine rings is 1. The van der Waals surface area contributed by atoms with Crippen molar-refractivity contribution < 1.29 is 9.59 Å². The normalized spacial score (nSPS) is 10.3. The summed E-state index contributed by atoms with van der Waals surface area (Å²) in [6.45, 7) is 5.87. The first-order valence-electron chi connectivity index (χ1n) is 7.60. The van der Waals surface area contributed by atoms with E-state index in [-0.39, 0.29) is 18.4 Å². The molecule has 2 N–H and O–H groups in total. The Morgan fingerprint density at radius 1 is 1.21 bits per heavy atom. The van der Waals surface area contributed by atoms with Gasteiger partial charge < -0.3 is 15.2 Å². The van der Waals surface area contributed by atoms with Gasteiger partial charge >= 0.3 is 0 Å². The molecule has 0 aliphatic rings. The molecule has 24 heavy (non-hydrogen) atoms. The maximum absolute atomic E-state index is 12.4. The topological polar surface area (TPSA) is 65.2 Å². The molecule has 0 aliphatic carbocycles. The van der Waals surface area contributed by atoms with Crippen molar-refractivity contribution in [1.29, 1.82) is 0 Å². The molecular weight excluding hydrogens is 322 g/mol. The van der Waals surface area contributed by atoms with Gasteiger partial charge in [0.15, 0.2) is 0 Å². The SMILES string of the molecule is Cc1cc(C)c(NC(=O)CN(C)C(=O)c2ccc[nH]c2=S)c(C)c1. The number of anilines is 1. The summed E-state index contributed by atoms with van der Waals surface area (Å²) in [6, 6.07) is 7.38. The Morgan fingerprint density at radius 2 is 1.83 bits per heavy atom. The van der Waals surface area contributed by atoms with E-state index in [0.717, 1.165) is 22.4 Å². The minimum absolute atomic E-state index is 0.0464. The molecule has 0 radical (unpaired) electrons. The largest absolute Gasteiger partial charge is 0.352 e. The molecule has 5 nitrogen and oxygen atoms in total. The third kappa shape index (κ3) is 4.08. The fourth-order valence-corrected chi connectivity index (χ4v) is 2.86. The van der Waals surface area contributed by atoms with E-state index in [2.05, 4.69) is 10.3 Å². The van der Waals surface area contributed by atoms with Crippen LogP contribution in [0, 0.1) is 25.4 Å². The van der Waals surface area contributed by atoms with Crippen LogP contribution in [-0.2, 0) is 4.79 Å². The van der Waals surface area contributed by atoms with Crippen molar-refractivity contribution in [3.63, 3.8) is 0 Å². The summed E-state index contributed by atoms with van der Waals surface area (Å²) in [5.74, 6) is -0.531. The fraction of sp³-hybridized carbons (Fsp3) is 0.278. The van der Waals surface area contributed by atoms with Gasteiger partial charge in [0.2, 0.25) is 5.91 Å². The zero-order chi connectivity index (χ0) is 17.9. The molecule has 0 spiro atoms. The molecule has 2 aromatic rings. The number of carbonyl (C=O) groups is 2. The lowest BCUT2D eigenvalue weighted by Gasteiger charge is -2.18. The Bertz CT molecular complexity index is 819. The average molecular weight is 343 g/mol. The zero-order valence-electron chi connectivity index (χ0n) is 14.3. The van der Waals surface area contributed by atoms with Crippen molar-refractivity contribution in [3.8, 4) is 0 Å². The standard InChI is InChI=1S/C18H21N3O2S/c1-11-8-12(2)16(13(3)9-11)20-15(22)10-21(4)18(23)14-6-5-7-19-17(14)24/h5-9H,10H2,1-4H3,(H,19,24)(H,20,22). The van der Waals surface area contributed by atoms with Gasteiger partial charge in [0.1, 0.15) is 4.64 Å². The lowest BCUT2D eigenvalue weighted by atomic mass is 10.1. The zero-order valence-corrected chi connectivity index (χ0v) is 15.1. The van der Waals surface area contributed by atoms with Crippen LogP contribution >= 0.6 is 12.2 Å². The van der Waals surface area contributed by atoms with Crippen molar-refractivity contribution >= 4 is 29.7 Å².